The Morgan fingerprint density at radius 2 is 1.75 bits per heavy atom. The van der Waals surface area contributed by atoms with E-state index in [9.17, 15) is 9.59 Å². The highest BCUT2D eigenvalue weighted by Crippen LogP contribution is 2.11. The molecule has 0 spiro atoms. The van der Waals surface area contributed by atoms with Crippen molar-refractivity contribution in [3.8, 4) is 0 Å². The molecule has 0 radical (unpaired) electrons. The summed E-state index contributed by atoms with van der Waals surface area (Å²) in [5.74, 6) is -0.344. The van der Waals surface area contributed by atoms with E-state index < -0.39 is 0 Å². The van der Waals surface area contributed by atoms with Crippen LogP contribution in [-0.2, 0) is 4.79 Å². The number of halogens is 1. The van der Waals surface area contributed by atoms with Crippen molar-refractivity contribution in [2.24, 2.45) is 5.10 Å². The maximum atomic E-state index is 12.0. The Labute approximate surface area is 149 Å². The van der Waals surface area contributed by atoms with Gasteiger partial charge in [-0.1, -0.05) is 35.0 Å². The van der Waals surface area contributed by atoms with Gasteiger partial charge in [0.1, 0.15) is 0 Å². The number of nitrogens with zero attached hydrogens (tertiary/aromatic N) is 1. The summed E-state index contributed by atoms with van der Waals surface area (Å²) < 4.78 is 0.981. The Bertz CT molecular complexity index is 725. The number of hydrogen-bond donors (Lipinski definition) is 2. The summed E-state index contributed by atoms with van der Waals surface area (Å²) in [6.45, 7) is 1.95. The molecular weight excluding hydrogens is 370 g/mol. The number of carbonyl (C=O) groups is 2. The Morgan fingerprint density at radius 1 is 1.08 bits per heavy atom. The molecule has 0 saturated heterocycles. The number of amides is 2. The van der Waals surface area contributed by atoms with E-state index in [1.165, 1.54) is 0 Å². The highest BCUT2D eigenvalue weighted by molar-refractivity contribution is 9.10. The van der Waals surface area contributed by atoms with E-state index in [0.717, 1.165) is 16.5 Å². The van der Waals surface area contributed by atoms with Crippen molar-refractivity contribution in [2.75, 3.05) is 5.32 Å². The van der Waals surface area contributed by atoms with Crippen LogP contribution >= 0.6 is 15.9 Å². The fourth-order valence-electron chi connectivity index (χ4n) is 1.93. The zero-order valence-corrected chi connectivity index (χ0v) is 14.8. The number of anilines is 1. The number of benzene rings is 2. The van der Waals surface area contributed by atoms with Gasteiger partial charge in [0.2, 0.25) is 5.91 Å². The molecule has 124 valence electrons. The number of nitrogens with one attached hydrogen (secondary N) is 2. The number of carbonyl (C=O) groups excluding carboxylic acids is 2. The van der Waals surface area contributed by atoms with Crippen LogP contribution in [0.3, 0.4) is 0 Å². The molecular formula is C18H18BrN3O2. The van der Waals surface area contributed by atoms with Gasteiger partial charge in [-0.3, -0.25) is 9.59 Å². The molecule has 0 bridgehead atoms. The van der Waals surface area contributed by atoms with Gasteiger partial charge in [0, 0.05) is 22.1 Å². The summed E-state index contributed by atoms with van der Waals surface area (Å²) in [4.78, 5) is 23.5. The molecule has 2 N–H and O–H groups in total. The molecule has 0 unspecified atom stereocenters. The molecule has 5 nitrogen and oxygen atoms in total. The predicted octanol–water partition coefficient (Wildman–Crippen LogP) is 3.95. The SMILES string of the molecule is CCCC(=O)Nc1ccc(C(=O)NN=Cc2ccc(Br)cc2)cc1. The van der Waals surface area contributed by atoms with Crippen LogP contribution in [0.1, 0.15) is 35.7 Å². The van der Waals surface area contributed by atoms with Crippen molar-refractivity contribution < 1.29 is 9.59 Å². The molecule has 0 aromatic heterocycles. The van der Waals surface area contributed by atoms with Crippen molar-refractivity contribution in [1.82, 2.24) is 5.43 Å². The normalized spacial score (nSPS) is 10.6. The Balaban J connectivity index is 1.90. The lowest BCUT2D eigenvalue weighted by Crippen LogP contribution is -2.17. The molecule has 0 fully saturated rings. The van der Waals surface area contributed by atoms with Crippen LogP contribution in [0.2, 0.25) is 0 Å². The van der Waals surface area contributed by atoms with Crippen molar-refractivity contribution >= 4 is 39.6 Å². The third-order valence-electron chi connectivity index (χ3n) is 3.16. The maximum Gasteiger partial charge on any atom is 0.271 e. The lowest BCUT2D eigenvalue weighted by Gasteiger charge is -2.05. The summed E-state index contributed by atoms with van der Waals surface area (Å²) >= 11 is 3.36. The van der Waals surface area contributed by atoms with E-state index >= 15 is 0 Å². The highest BCUT2D eigenvalue weighted by Gasteiger charge is 2.05. The Kier molecular flexibility index (Phi) is 6.69. The summed E-state index contributed by atoms with van der Waals surface area (Å²) in [5.41, 5.74) is 4.49. The molecule has 0 saturated carbocycles. The van der Waals surface area contributed by atoms with Gasteiger partial charge in [-0.05, 0) is 48.4 Å². The molecule has 2 aromatic carbocycles. The molecule has 0 atom stereocenters. The van der Waals surface area contributed by atoms with E-state index in [1.807, 2.05) is 31.2 Å². The first kappa shape index (κ1) is 17.9. The van der Waals surface area contributed by atoms with E-state index in [-0.39, 0.29) is 11.8 Å². The third-order valence-corrected chi connectivity index (χ3v) is 3.69. The first-order valence-corrected chi connectivity index (χ1v) is 8.36. The fraction of sp³-hybridized carbons (Fsp3) is 0.167. The van der Waals surface area contributed by atoms with Gasteiger partial charge in [0.05, 0.1) is 6.21 Å². The Morgan fingerprint density at radius 3 is 2.38 bits per heavy atom. The van der Waals surface area contributed by atoms with Crippen LogP contribution in [0.15, 0.2) is 58.1 Å². The second kappa shape index (κ2) is 8.98. The van der Waals surface area contributed by atoms with Gasteiger partial charge >= 0.3 is 0 Å². The monoisotopic (exact) mass is 387 g/mol. The molecule has 2 rings (SSSR count). The molecule has 0 aliphatic carbocycles. The minimum atomic E-state index is -0.310. The minimum Gasteiger partial charge on any atom is -0.326 e. The van der Waals surface area contributed by atoms with E-state index in [4.69, 9.17) is 0 Å². The standard InChI is InChI=1S/C18H18BrN3O2/c1-2-3-17(23)21-16-10-6-14(7-11-16)18(24)22-20-12-13-4-8-15(19)9-5-13/h4-12H,2-3H2,1H3,(H,21,23)(H,22,24). The van der Waals surface area contributed by atoms with Crippen LogP contribution in [0.4, 0.5) is 5.69 Å². The maximum absolute atomic E-state index is 12.0. The van der Waals surface area contributed by atoms with Crippen molar-refractivity contribution in [2.45, 2.75) is 19.8 Å². The summed E-state index contributed by atoms with van der Waals surface area (Å²) in [7, 11) is 0. The van der Waals surface area contributed by atoms with E-state index in [2.05, 4.69) is 31.8 Å². The van der Waals surface area contributed by atoms with Crippen LogP contribution in [0, 0.1) is 0 Å². The van der Waals surface area contributed by atoms with E-state index in [0.29, 0.717) is 17.7 Å². The fourth-order valence-corrected chi connectivity index (χ4v) is 2.20. The highest BCUT2D eigenvalue weighted by atomic mass is 79.9. The predicted molar refractivity (Wildman–Crippen MR) is 99.2 cm³/mol. The zero-order valence-electron chi connectivity index (χ0n) is 13.3. The first-order chi connectivity index (χ1) is 11.6. The Hall–Kier alpha value is -2.47. The second-order valence-electron chi connectivity index (χ2n) is 5.13. The lowest BCUT2D eigenvalue weighted by molar-refractivity contribution is -0.116. The summed E-state index contributed by atoms with van der Waals surface area (Å²) in [6, 6.07) is 14.2. The van der Waals surface area contributed by atoms with Crippen molar-refractivity contribution in [1.29, 1.82) is 0 Å². The molecule has 6 heteroatoms. The molecule has 0 aliphatic rings. The summed E-state index contributed by atoms with van der Waals surface area (Å²) in [6.07, 6.45) is 2.85. The van der Waals surface area contributed by atoms with Crippen molar-refractivity contribution in [3.05, 3.63) is 64.1 Å². The molecule has 0 heterocycles. The minimum absolute atomic E-state index is 0.0335. The van der Waals surface area contributed by atoms with Gasteiger partial charge in [-0.15, -0.1) is 0 Å². The van der Waals surface area contributed by atoms with Gasteiger partial charge < -0.3 is 5.32 Å². The number of rotatable bonds is 6. The lowest BCUT2D eigenvalue weighted by atomic mass is 10.2. The topological polar surface area (TPSA) is 70.6 Å². The van der Waals surface area contributed by atoms with Crippen LogP contribution < -0.4 is 10.7 Å². The van der Waals surface area contributed by atoms with Crippen molar-refractivity contribution in [3.63, 3.8) is 0 Å². The van der Waals surface area contributed by atoms with Gasteiger partial charge in [0.15, 0.2) is 0 Å². The molecule has 24 heavy (non-hydrogen) atoms. The quantitative estimate of drug-likeness (QED) is 0.581. The number of hydrogen-bond acceptors (Lipinski definition) is 3. The van der Waals surface area contributed by atoms with Gasteiger partial charge in [0.25, 0.3) is 5.91 Å². The van der Waals surface area contributed by atoms with Gasteiger partial charge in [-0.2, -0.15) is 5.10 Å². The van der Waals surface area contributed by atoms with Gasteiger partial charge in [-0.25, -0.2) is 5.43 Å². The smallest absolute Gasteiger partial charge is 0.271 e. The molecule has 2 amide bonds. The summed E-state index contributed by atoms with van der Waals surface area (Å²) in [5, 5.41) is 6.71. The average Bonchev–Trinajstić information content (AvgIpc) is 2.57. The first-order valence-electron chi connectivity index (χ1n) is 7.57. The average molecular weight is 388 g/mol. The largest absolute Gasteiger partial charge is 0.326 e. The molecule has 0 aliphatic heterocycles. The zero-order chi connectivity index (χ0) is 17.4. The third kappa shape index (κ3) is 5.62. The van der Waals surface area contributed by atoms with Crippen LogP contribution in [0.5, 0.6) is 0 Å². The van der Waals surface area contributed by atoms with E-state index in [1.54, 1.807) is 30.5 Å². The van der Waals surface area contributed by atoms with Crippen LogP contribution in [-0.4, -0.2) is 18.0 Å². The van der Waals surface area contributed by atoms with Crippen LogP contribution in [0.25, 0.3) is 0 Å². The molecule has 2 aromatic rings. The number of hydrazone groups is 1. The second-order valence-corrected chi connectivity index (χ2v) is 6.04.